The highest BCUT2D eigenvalue weighted by molar-refractivity contribution is 5.25. The van der Waals surface area contributed by atoms with E-state index in [1.54, 1.807) is 0 Å². The minimum atomic E-state index is 0.618. The normalized spacial score (nSPS) is 32.5. The second kappa shape index (κ2) is 4.17. The molecule has 88 valence electrons. The predicted molar refractivity (Wildman–Crippen MR) is 68.8 cm³/mol. The zero-order chi connectivity index (χ0) is 11.8. The van der Waals surface area contributed by atoms with Crippen LogP contribution in [0.1, 0.15) is 40.0 Å². The van der Waals surface area contributed by atoms with Crippen LogP contribution < -0.4 is 0 Å². The lowest BCUT2D eigenvalue weighted by molar-refractivity contribution is 0.0373. The highest BCUT2D eigenvalue weighted by Gasteiger charge is 2.48. The molecule has 1 heterocycles. The Morgan fingerprint density at radius 3 is 2.69 bits per heavy atom. The van der Waals surface area contributed by atoms with Gasteiger partial charge >= 0.3 is 0 Å². The minimum absolute atomic E-state index is 0.618. The van der Waals surface area contributed by atoms with Crippen molar-refractivity contribution >= 4 is 0 Å². The third-order valence-electron chi connectivity index (χ3n) is 4.42. The van der Waals surface area contributed by atoms with Crippen molar-refractivity contribution in [2.24, 2.45) is 17.3 Å². The molecule has 1 saturated carbocycles. The lowest BCUT2D eigenvalue weighted by Gasteiger charge is -2.47. The van der Waals surface area contributed by atoms with Crippen LogP contribution in [0.3, 0.4) is 0 Å². The van der Waals surface area contributed by atoms with Crippen LogP contribution in [0.2, 0.25) is 0 Å². The first-order valence-corrected chi connectivity index (χ1v) is 6.43. The summed E-state index contributed by atoms with van der Waals surface area (Å²) < 4.78 is 0. The lowest BCUT2D eigenvalue weighted by Crippen LogP contribution is -2.41. The van der Waals surface area contributed by atoms with Crippen molar-refractivity contribution in [3.63, 3.8) is 0 Å². The van der Waals surface area contributed by atoms with Crippen LogP contribution in [0.4, 0.5) is 0 Å². The van der Waals surface area contributed by atoms with E-state index in [-0.39, 0.29) is 0 Å². The topological polar surface area (TPSA) is 3.24 Å². The molecular weight excluding hydrogens is 194 g/mol. The molecule has 1 spiro atoms. The molecule has 1 heteroatoms. The number of allylic oxidation sites excluding steroid dienone is 1. The fourth-order valence-corrected chi connectivity index (χ4v) is 3.25. The van der Waals surface area contributed by atoms with Crippen molar-refractivity contribution in [3.8, 4) is 11.8 Å². The van der Waals surface area contributed by atoms with E-state index in [1.165, 1.54) is 32.4 Å². The summed E-state index contributed by atoms with van der Waals surface area (Å²) in [5.74, 6) is 7.86. The summed E-state index contributed by atoms with van der Waals surface area (Å²) in [5.41, 5.74) is 1.64. The van der Waals surface area contributed by atoms with E-state index in [9.17, 15) is 0 Å². The Kier molecular flexibility index (Phi) is 3.02. The summed E-state index contributed by atoms with van der Waals surface area (Å²) in [5, 5.41) is 0. The maximum absolute atomic E-state index is 4.06. The average Bonchev–Trinajstić information content (AvgIpc) is 2.60. The molecule has 0 bridgehead atoms. The minimum Gasteiger partial charge on any atom is -0.365 e. The van der Waals surface area contributed by atoms with Crippen molar-refractivity contribution in [1.29, 1.82) is 0 Å². The van der Waals surface area contributed by atoms with E-state index in [0.717, 1.165) is 17.5 Å². The van der Waals surface area contributed by atoms with Gasteiger partial charge < -0.3 is 4.90 Å². The molecule has 1 aliphatic carbocycles. The Morgan fingerprint density at radius 1 is 1.44 bits per heavy atom. The van der Waals surface area contributed by atoms with Crippen LogP contribution in [-0.2, 0) is 0 Å². The van der Waals surface area contributed by atoms with Crippen LogP contribution in [0.25, 0.3) is 0 Å². The summed E-state index contributed by atoms with van der Waals surface area (Å²) >= 11 is 0. The summed E-state index contributed by atoms with van der Waals surface area (Å²) in [6.45, 7) is 13.0. The summed E-state index contributed by atoms with van der Waals surface area (Å²) in [6, 6.07) is 0. The molecular formula is C15H23N. The Bertz CT molecular complexity index is 336. The zero-order valence-corrected chi connectivity index (χ0v) is 10.8. The zero-order valence-electron chi connectivity index (χ0n) is 10.8. The Hall–Kier alpha value is -0.900. The largest absolute Gasteiger partial charge is 0.365 e. The van der Waals surface area contributed by atoms with Gasteiger partial charge in [-0.3, -0.25) is 0 Å². The van der Waals surface area contributed by atoms with Gasteiger partial charge in [0.1, 0.15) is 0 Å². The predicted octanol–water partition coefficient (Wildman–Crippen LogP) is 3.28. The highest BCUT2D eigenvalue weighted by Crippen LogP contribution is 2.54. The third kappa shape index (κ3) is 1.98. The molecule has 1 nitrogen and oxygen atoms in total. The van der Waals surface area contributed by atoms with Gasteiger partial charge in [0.25, 0.3) is 0 Å². The molecule has 1 aliphatic heterocycles. The van der Waals surface area contributed by atoms with Crippen molar-refractivity contribution in [2.45, 2.75) is 40.0 Å². The molecule has 0 aromatic carbocycles. The smallest absolute Gasteiger partial charge is 0.0806 e. The van der Waals surface area contributed by atoms with Gasteiger partial charge in [0, 0.05) is 13.1 Å². The molecule has 0 atom stereocenters. The molecule has 0 N–H and O–H groups in total. The maximum Gasteiger partial charge on any atom is 0.0806 e. The Balaban J connectivity index is 1.89. The molecule has 0 aromatic heterocycles. The fourth-order valence-electron chi connectivity index (χ4n) is 3.25. The third-order valence-corrected chi connectivity index (χ3v) is 4.42. The van der Waals surface area contributed by atoms with Crippen LogP contribution in [0.15, 0.2) is 12.3 Å². The SMILES string of the molecule is C=C(C#CC)N1CCC2(CC(C(C)C)C2)C1. The standard InChI is InChI=1S/C15H23N/c1-5-6-13(4)16-8-7-15(11-16)9-14(10-15)12(2)3/h12,14H,4,7-11H2,1-3H3. The van der Waals surface area contributed by atoms with E-state index >= 15 is 0 Å². The fraction of sp³-hybridized carbons (Fsp3) is 0.733. The monoisotopic (exact) mass is 217 g/mol. The van der Waals surface area contributed by atoms with Crippen molar-refractivity contribution in [1.82, 2.24) is 4.90 Å². The van der Waals surface area contributed by atoms with E-state index in [0.29, 0.717) is 5.41 Å². The molecule has 1 saturated heterocycles. The van der Waals surface area contributed by atoms with Gasteiger partial charge in [-0.15, -0.1) is 0 Å². The molecule has 0 unspecified atom stereocenters. The van der Waals surface area contributed by atoms with Crippen molar-refractivity contribution < 1.29 is 0 Å². The Morgan fingerprint density at radius 2 is 2.12 bits per heavy atom. The first-order chi connectivity index (χ1) is 7.56. The highest BCUT2D eigenvalue weighted by atomic mass is 15.2. The van der Waals surface area contributed by atoms with Gasteiger partial charge in [0.2, 0.25) is 0 Å². The van der Waals surface area contributed by atoms with Gasteiger partial charge in [-0.1, -0.05) is 32.3 Å². The average molecular weight is 217 g/mol. The number of hydrogen-bond donors (Lipinski definition) is 0. The van der Waals surface area contributed by atoms with Crippen LogP contribution in [0, 0.1) is 29.1 Å². The van der Waals surface area contributed by atoms with Gasteiger partial charge in [-0.2, -0.15) is 0 Å². The van der Waals surface area contributed by atoms with Gasteiger partial charge in [0.05, 0.1) is 5.70 Å². The van der Waals surface area contributed by atoms with E-state index in [4.69, 9.17) is 0 Å². The van der Waals surface area contributed by atoms with Crippen molar-refractivity contribution in [3.05, 3.63) is 12.3 Å². The second-order valence-electron chi connectivity index (χ2n) is 5.91. The number of rotatable bonds is 2. The molecule has 16 heavy (non-hydrogen) atoms. The van der Waals surface area contributed by atoms with E-state index in [1.807, 2.05) is 6.92 Å². The molecule has 2 aliphatic rings. The lowest BCUT2D eigenvalue weighted by atomic mass is 9.58. The van der Waals surface area contributed by atoms with Crippen LogP contribution in [-0.4, -0.2) is 18.0 Å². The molecule has 0 aromatic rings. The van der Waals surface area contributed by atoms with E-state index in [2.05, 4.69) is 37.2 Å². The molecule has 0 amide bonds. The van der Waals surface area contributed by atoms with Gasteiger partial charge in [0.15, 0.2) is 0 Å². The maximum atomic E-state index is 4.06. The summed E-state index contributed by atoms with van der Waals surface area (Å²) in [7, 11) is 0. The van der Waals surface area contributed by atoms with Gasteiger partial charge in [-0.25, -0.2) is 0 Å². The van der Waals surface area contributed by atoms with E-state index < -0.39 is 0 Å². The Labute approximate surface area is 99.9 Å². The number of hydrogen-bond acceptors (Lipinski definition) is 1. The first kappa shape index (κ1) is 11.6. The molecule has 2 fully saturated rings. The second-order valence-corrected chi connectivity index (χ2v) is 5.91. The first-order valence-electron chi connectivity index (χ1n) is 6.43. The number of nitrogens with zero attached hydrogens (tertiary/aromatic N) is 1. The van der Waals surface area contributed by atoms with Crippen LogP contribution >= 0.6 is 0 Å². The number of likely N-dealkylation sites (tertiary alicyclic amines) is 1. The summed E-state index contributed by atoms with van der Waals surface area (Å²) in [4.78, 5) is 2.38. The summed E-state index contributed by atoms with van der Waals surface area (Å²) in [6.07, 6.45) is 4.20. The molecule has 0 radical (unpaired) electrons. The van der Waals surface area contributed by atoms with Gasteiger partial charge in [-0.05, 0) is 43.4 Å². The quantitative estimate of drug-likeness (QED) is 0.642. The van der Waals surface area contributed by atoms with Crippen molar-refractivity contribution in [2.75, 3.05) is 13.1 Å². The van der Waals surface area contributed by atoms with Crippen LogP contribution in [0.5, 0.6) is 0 Å². The molecule has 2 rings (SSSR count).